The molecular weight excluding hydrogens is 427 g/mol. The summed E-state index contributed by atoms with van der Waals surface area (Å²) in [6, 6.07) is 23.1. The van der Waals surface area contributed by atoms with Gasteiger partial charge >= 0.3 is 0 Å². The molecule has 0 aliphatic rings. The van der Waals surface area contributed by atoms with Crippen molar-refractivity contribution in [1.29, 1.82) is 0 Å². The van der Waals surface area contributed by atoms with Crippen LogP contribution in [0.1, 0.15) is 21.6 Å². The summed E-state index contributed by atoms with van der Waals surface area (Å²) in [5, 5.41) is 3.57. The van der Waals surface area contributed by atoms with Crippen LogP contribution in [0.2, 0.25) is 5.02 Å². The van der Waals surface area contributed by atoms with Crippen molar-refractivity contribution in [3.05, 3.63) is 107 Å². The molecule has 0 aliphatic carbocycles. The summed E-state index contributed by atoms with van der Waals surface area (Å²) in [7, 11) is 1.62. The SMILES string of the molecule is COc1ccccc1-n1c(-c2ccc(Cl)cc2)cc(C(=O)NCc2ccc(F)cc2)c1C. The topological polar surface area (TPSA) is 43.3 Å². The van der Waals surface area contributed by atoms with Crippen LogP contribution in [0.5, 0.6) is 5.75 Å². The summed E-state index contributed by atoms with van der Waals surface area (Å²) in [5.74, 6) is 0.174. The lowest BCUT2D eigenvalue weighted by Crippen LogP contribution is -2.23. The van der Waals surface area contributed by atoms with Gasteiger partial charge in [-0.3, -0.25) is 4.79 Å². The average Bonchev–Trinajstić information content (AvgIpc) is 3.15. The fourth-order valence-corrected chi connectivity index (χ4v) is 3.80. The van der Waals surface area contributed by atoms with Gasteiger partial charge in [0, 0.05) is 17.3 Å². The fraction of sp³-hybridized carbons (Fsp3) is 0.115. The molecule has 162 valence electrons. The third kappa shape index (κ3) is 4.39. The highest BCUT2D eigenvalue weighted by Gasteiger charge is 2.21. The van der Waals surface area contributed by atoms with Crippen LogP contribution in [0.15, 0.2) is 78.9 Å². The van der Waals surface area contributed by atoms with Crippen molar-refractivity contribution < 1.29 is 13.9 Å². The maximum atomic E-state index is 13.2. The third-order valence-electron chi connectivity index (χ3n) is 5.32. The number of nitrogens with one attached hydrogen (secondary N) is 1. The zero-order chi connectivity index (χ0) is 22.7. The van der Waals surface area contributed by atoms with E-state index in [4.69, 9.17) is 16.3 Å². The summed E-state index contributed by atoms with van der Waals surface area (Å²) in [6.45, 7) is 2.20. The van der Waals surface area contributed by atoms with Crippen molar-refractivity contribution in [2.75, 3.05) is 7.11 Å². The first-order valence-electron chi connectivity index (χ1n) is 10.1. The van der Waals surface area contributed by atoms with E-state index in [0.717, 1.165) is 28.2 Å². The molecule has 0 spiro atoms. The second-order valence-electron chi connectivity index (χ2n) is 7.35. The summed E-state index contributed by atoms with van der Waals surface area (Å²) in [6.07, 6.45) is 0. The molecule has 4 aromatic rings. The second kappa shape index (κ2) is 9.28. The van der Waals surface area contributed by atoms with Crippen molar-refractivity contribution in [1.82, 2.24) is 9.88 Å². The summed E-state index contributed by atoms with van der Waals surface area (Å²) in [4.78, 5) is 13.1. The zero-order valence-corrected chi connectivity index (χ0v) is 18.5. The Kier molecular flexibility index (Phi) is 6.28. The largest absolute Gasteiger partial charge is 0.495 e. The Labute approximate surface area is 191 Å². The first-order chi connectivity index (χ1) is 15.5. The molecule has 4 rings (SSSR count). The fourth-order valence-electron chi connectivity index (χ4n) is 3.67. The Bertz CT molecular complexity index is 1250. The highest BCUT2D eigenvalue weighted by atomic mass is 35.5. The minimum atomic E-state index is -0.308. The van der Waals surface area contributed by atoms with Gasteiger partial charge in [0.25, 0.3) is 5.91 Å². The number of halogens is 2. The number of para-hydroxylation sites is 2. The van der Waals surface area contributed by atoms with E-state index in [0.29, 0.717) is 22.9 Å². The minimum absolute atomic E-state index is 0.212. The van der Waals surface area contributed by atoms with E-state index in [1.54, 1.807) is 19.2 Å². The molecule has 0 radical (unpaired) electrons. The molecule has 1 amide bonds. The first kappa shape index (κ1) is 21.7. The van der Waals surface area contributed by atoms with Crippen LogP contribution in [-0.2, 0) is 6.54 Å². The Morgan fingerprint density at radius 3 is 2.41 bits per heavy atom. The van der Waals surface area contributed by atoms with Gasteiger partial charge in [-0.05, 0) is 60.5 Å². The van der Waals surface area contributed by atoms with E-state index in [-0.39, 0.29) is 11.7 Å². The minimum Gasteiger partial charge on any atom is -0.495 e. The van der Waals surface area contributed by atoms with E-state index >= 15 is 0 Å². The first-order valence-corrected chi connectivity index (χ1v) is 10.5. The molecule has 0 saturated carbocycles. The Morgan fingerprint density at radius 1 is 1.03 bits per heavy atom. The molecule has 1 heterocycles. The van der Waals surface area contributed by atoms with Crippen molar-refractivity contribution in [2.45, 2.75) is 13.5 Å². The van der Waals surface area contributed by atoms with Crippen LogP contribution < -0.4 is 10.1 Å². The van der Waals surface area contributed by atoms with Crippen LogP contribution in [0.25, 0.3) is 16.9 Å². The van der Waals surface area contributed by atoms with Gasteiger partial charge in [-0.25, -0.2) is 4.39 Å². The predicted molar refractivity (Wildman–Crippen MR) is 125 cm³/mol. The van der Waals surface area contributed by atoms with Gasteiger partial charge in [-0.15, -0.1) is 0 Å². The highest BCUT2D eigenvalue weighted by Crippen LogP contribution is 2.34. The van der Waals surface area contributed by atoms with E-state index in [9.17, 15) is 9.18 Å². The molecule has 0 bridgehead atoms. The van der Waals surface area contributed by atoms with E-state index in [1.165, 1.54) is 12.1 Å². The number of carbonyl (C=O) groups excluding carboxylic acids is 1. The molecule has 1 aromatic heterocycles. The molecule has 0 fully saturated rings. The van der Waals surface area contributed by atoms with Crippen LogP contribution in [0, 0.1) is 12.7 Å². The number of amides is 1. The molecule has 0 unspecified atom stereocenters. The van der Waals surface area contributed by atoms with Crippen LogP contribution in [0.3, 0.4) is 0 Å². The smallest absolute Gasteiger partial charge is 0.253 e. The number of methoxy groups -OCH3 is 1. The van der Waals surface area contributed by atoms with Gasteiger partial charge in [-0.2, -0.15) is 0 Å². The number of aromatic nitrogens is 1. The maximum Gasteiger partial charge on any atom is 0.253 e. The lowest BCUT2D eigenvalue weighted by Gasteiger charge is -2.15. The second-order valence-corrected chi connectivity index (χ2v) is 7.79. The molecule has 4 nitrogen and oxygen atoms in total. The van der Waals surface area contributed by atoms with Gasteiger partial charge in [0.1, 0.15) is 11.6 Å². The number of nitrogens with zero attached hydrogens (tertiary/aromatic N) is 1. The molecule has 1 N–H and O–H groups in total. The average molecular weight is 449 g/mol. The summed E-state index contributed by atoms with van der Waals surface area (Å²) >= 11 is 6.09. The van der Waals surface area contributed by atoms with Crippen molar-refractivity contribution >= 4 is 17.5 Å². The highest BCUT2D eigenvalue weighted by molar-refractivity contribution is 6.30. The number of benzene rings is 3. The molecular formula is C26H22ClFN2O2. The van der Waals surface area contributed by atoms with Gasteiger partial charge in [-0.1, -0.05) is 48.0 Å². The van der Waals surface area contributed by atoms with Crippen molar-refractivity contribution in [3.63, 3.8) is 0 Å². The van der Waals surface area contributed by atoms with Gasteiger partial charge in [0.15, 0.2) is 0 Å². The van der Waals surface area contributed by atoms with Gasteiger partial charge < -0.3 is 14.6 Å². The number of hydrogen-bond donors (Lipinski definition) is 1. The van der Waals surface area contributed by atoms with Crippen molar-refractivity contribution in [3.8, 4) is 22.7 Å². The van der Waals surface area contributed by atoms with Crippen molar-refractivity contribution in [2.24, 2.45) is 0 Å². The standard InChI is InChI=1S/C26H22ClFN2O2/c1-17-22(26(31)29-16-18-7-13-21(28)14-8-18)15-24(19-9-11-20(27)12-10-19)30(17)23-5-3-4-6-25(23)32-2/h3-15H,16H2,1-2H3,(H,29,31). The van der Waals surface area contributed by atoms with Crippen LogP contribution in [-0.4, -0.2) is 17.6 Å². The van der Waals surface area contributed by atoms with Gasteiger partial charge in [0.05, 0.1) is 24.1 Å². The lowest BCUT2D eigenvalue weighted by molar-refractivity contribution is 0.0950. The Hall–Kier alpha value is -3.57. The molecule has 0 atom stereocenters. The van der Waals surface area contributed by atoms with Crippen LogP contribution in [0.4, 0.5) is 4.39 Å². The summed E-state index contributed by atoms with van der Waals surface area (Å²) in [5.41, 5.74) is 4.73. The number of ether oxygens (including phenoxy) is 1. The normalized spacial score (nSPS) is 10.8. The monoisotopic (exact) mass is 448 g/mol. The van der Waals surface area contributed by atoms with E-state index in [2.05, 4.69) is 5.32 Å². The predicted octanol–water partition coefficient (Wildman–Crippen LogP) is 6.18. The number of carbonyl (C=O) groups is 1. The quantitative estimate of drug-likeness (QED) is 0.382. The van der Waals surface area contributed by atoms with E-state index in [1.807, 2.05) is 66.1 Å². The summed E-state index contributed by atoms with van der Waals surface area (Å²) < 4.78 is 20.7. The van der Waals surface area contributed by atoms with Gasteiger partial charge in [0.2, 0.25) is 0 Å². The maximum absolute atomic E-state index is 13.2. The molecule has 0 saturated heterocycles. The van der Waals surface area contributed by atoms with E-state index < -0.39 is 0 Å². The number of hydrogen-bond acceptors (Lipinski definition) is 2. The lowest BCUT2D eigenvalue weighted by atomic mass is 10.1. The molecule has 3 aromatic carbocycles. The van der Waals surface area contributed by atoms with Crippen LogP contribution >= 0.6 is 11.6 Å². The molecule has 6 heteroatoms. The third-order valence-corrected chi connectivity index (χ3v) is 5.58. The molecule has 0 aliphatic heterocycles. The Balaban J connectivity index is 1.76. The molecule has 32 heavy (non-hydrogen) atoms. The Morgan fingerprint density at radius 2 is 1.72 bits per heavy atom. The number of rotatable bonds is 6. The zero-order valence-electron chi connectivity index (χ0n) is 17.7.